The minimum absolute atomic E-state index is 0.0746. The molecule has 0 amide bonds. The van der Waals surface area contributed by atoms with Crippen molar-refractivity contribution in [1.29, 1.82) is 0 Å². The second-order valence-corrected chi connectivity index (χ2v) is 5.26. The number of halogens is 1. The van der Waals surface area contributed by atoms with Crippen molar-refractivity contribution in [2.24, 2.45) is 0 Å². The van der Waals surface area contributed by atoms with Crippen LogP contribution in [0.3, 0.4) is 0 Å². The molecule has 1 saturated heterocycles. The first kappa shape index (κ1) is 11.1. The minimum Gasteiger partial charge on any atom is -0.395 e. The molecule has 0 spiro atoms. The van der Waals surface area contributed by atoms with E-state index in [1.165, 1.54) is 5.56 Å². The molecule has 0 saturated carbocycles. The number of likely N-dealkylation sites (tertiary alicyclic amines) is 1. The molecule has 0 radical (unpaired) electrons. The van der Waals surface area contributed by atoms with Crippen molar-refractivity contribution < 1.29 is 5.11 Å². The lowest BCUT2D eigenvalue weighted by Gasteiger charge is -2.28. The lowest BCUT2D eigenvalue weighted by atomic mass is 9.80. The van der Waals surface area contributed by atoms with Gasteiger partial charge in [0, 0.05) is 16.4 Å². The molecule has 1 aromatic rings. The highest BCUT2D eigenvalue weighted by Crippen LogP contribution is 2.37. The highest BCUT2D eigenvalue weighted by atomic mass is 79.9. The molecule has 1 heterocycles. The Morgan fingerprint density at radius 2 is 2.20 bits per heavy atom. The zero-order chi connectivity index (χ0) is 10.9. The van der Waals surface area contributed by atoms with Crippen LogP contribution in [0.5, 0.6) is 0 Å². The monoisotopic (exact) mass is 269 g/mol. The fourth-order valence-electron chi connectivity index (χ4n) is 2.41. The van der Waals surface area contributed by atoms with Crippen molar-refractivity contribution in [3.05, 3.63) is 34.3 Å². The Hall–Kier alpha value is -0.380. The maximum Gasteiger partial charge on any atom is 0.0541 e. The van der Waals surface area contributed by atoms with E-state index in [1.54, 1.807) is 0 Å². The normalized spacial score (nSPS) is 27.1. The predicted octanol–water partition coefficient (Wildman–Crippen LogP) is 2.01. The van der Waals surface area contributed by atoms with Crippen LogP contribution in [-0.2, 0) is 5.41 Å². The first-order chi connectivity index (χ1) is 7.18. The van der Waals surface area contributed by atoms with Crippen LogP contribution in [0.1, 0.15) is 12.0 Å². The van der Waals surface area contributed by atoms with E-state index in [4.69, 9.17) is 0 Å². The molecule has 0 aromatic heterocycles. The van der Waals surface area contributed by atoms with E-state index in [1.807, 2.05) is 18.2 Å². The Kier molecular flexibility index (Phi) is 3.14. The molecular weight excluding hydrogens is 254 g/mol. The van der Waals surface area contributed by atoms with E-state index in [0.29, 0.717) is 0 Å². The van der Waals surface area contributed by atoms with Crippen molar-refractivity contribution in [3.63, 3.8) is 0 Å². The second-order valence-electron chi connectivity index (χ2n) is 4.41. The molecule has 1 atom stereocenters. The number of nitrogens with zero attached hydrogens (tertiary/aromatic N) is 1. The van der Waals surface area contributed by atoms with Gasteiger partial charge in [0.2, 0.25) is 0 Å². The molecule has 0 bridgehead atoms. The summed E-state index contributed by atoms with van der Waals surface area (Å²) in [4.78, 5) is 2.27. The van der Waals surface area contributed by atoms with Crippen LogP contribution in [0.2, 0.25) is 0 Å². The molecule has 2 nitrogen and oxygen atoms in total. The SMILES string of the molecule is CN1CCC(CO)(c2ccccc2Br)C1. The molecule has 15 heavy (non-hydrogen) atoms. The maximum atomic E-state index is 9.66. The molecule has 1 N–H and O–H groups in total. The van der Waals surface area contributed by atoms with Gasteiger partial charge in [-0.25, -0.2) is 0 Å². The topological polar surface area (TPSA) is 23.5 Å². The predicted molar refractivity (Wildman–Crippen MR) is 65.0 cm³/mol. The number of aliphatic hydroxyl groups is 1. The molecule has 1 unspecified atom stereocenters. The van der Waals surface area contributed by atoms with Gasteiger partial charge in [-0.05, 0) is 31.6 Å². The largest absolute Gasteiger partial charge is 0.395 e. The standard InChI is InChI=1S/C12H16BrNO/c1-14-7-6-12(8-14,9-15)10-4-2-3-5-11(10)13/h2-5,15H,6-9H2,1H3. The van der Waals surface area contributed by atoms with Gasteiger partial charge in [0.25, 0.3) is 0 Å². The zero-order valence-corrected chi connectivity index (χ0v) is 10.5. The van der Waals surface area contributed by atoms with Crippen LogP contribution < -0.4 is 0 Å². The summed E-state index contributed by atoms with van der Waals surface area (Å²) in [5.74, 6) is 0. The molecule has 1 aromatic carbocycles. The van der Waals surface area contributed by atoms with Gasteiger partial charge in [0.1, 0.15) is 0 Å². The van der Waals surface area contributed by atoms with Gasteiger partial charge < -0.3 is 10.0 Å². The Morgan fingerprint density at radius 1 is 1.47 bits per heavy atom. The highest BCUT2D eigenvalue weighted by molar-refractivity contribution is 9.10. The van der Waals surface area contributed by atoms with Crippen LogP contribution in [0.25, 0.3) is 0 Å². The van der Waals surface area contributed by atoms with Crippen molar-refractivity contribution in [1.82, 2.24) is 4.90 Å². The summed E-state index contributed by atoms with van der Waals surface area (Å²) in [7, 11) is 2.11. The summed E-state index contributed by atoms with van der Waals surface area (Å²) < 4.78 is 1.11. The van der Waals surface area contributed by atoms with Crippen LogP contribution in [0, 0.1) is 0 Å². The van der Waals surface area contributed by atoms with Crippen LogP contribution in [0.4, 0.5) is 0 Å². The molecular formula is C12H16BrNO. The summed E-state index contributed by atoms with van der Waals surface area (Å²) in [5, 5.41) is 9.66. The van der Waals surface area contributed by atoms with Gasteiger partial charge in [-0.1, -0.05) is 34.1 Å². The van der Waals surface area contributed by atoms with Gasteiger partial charge in [-0.3, -0.25) is 0 Å². The summed E-state index contributed by atoms with van der Waals surface area (Å²) >= 11 is 3.57. The second kappa shape index (κ2) is 4.24. The summed E-state index contributed by atoms with van der Waals surface area (Å²) in [6.07, 6.45) is 1.03. The molecule has 1 aliphatic heterocycles. The third kappa shape index (κ3) is 1.96. The van der Waals surface area contributed by atoms with E-state index in [0.717, 1.165) is 24.0 Å². The van der Waals surface area contributed by atoms with E-state index >= 15 is 0 Å². The van der Waals surface area contributed by atoms with E-state index in [-0.39, 0.29) is 12.0 Å². The van der Waals surface area contributed by atoms with Crippen LogP contribution >= 0.6 is 15.9 Å². The molecule has 2 rings (SSSR count). The summed E-state index contributed by atoms with van der Waals surface area (Å²) in [5.41, 5.74) is 1.16. The van der Waals surface area contributed by atoms with Gasteiger partial charge in [0.15, 0.2) is 0 Å². The van der Waals surface area contributed by atoms with Crippen LogP contribution in [-0.4, -0.2) is 36.8 Å². The molecule has 0 aliphatic carbocycles. The average Bonchev–Trinajstić information content (AvgIpc) is 2.62. The van der Waals surface area contributed by atoms with Gasteiger partial charge in [-0.2, -0.15) is 0 Å². The van der Waals surface area contributed by atoms with Gasteiger partial charge in [-0.15, -0.1) is 0 Å². The minimum atomic E-state index is -0.0746. The number of benzene rings is 1. The molecule has 1 fully saturated rings. The van der Waals surface area contributed by atoms with Crippen molar-refractivity contribution in [2.45, 2.75) is 11.8 Å². The van der Waals surface area contributed by atoms with Gasteiger partial charge >= 0.3 is 0 Å². The van der Waals surface area contributed by atoms with E-state index in [9.17, 15) is 5.11 Å². The molecule has 1 aliphatic rings. The Balaban J connectivity index is 2.39. The summed E-state index contributed by atoms with van der Waals surface area (Å²) in [6.45, 7) is 2.22. The maximum absolute atomic E-state index is 9.66. The lowest BCUT2D eigenvalue weighted by Crippen LogP contribution is -2.33. The van der Waals surface area contributed by atoms with Gasteiger partial charge in [0.05, 0.1) is 6.61 Å². The third-order valence-electron chi connectivity index (χ3n) is 3.29. The number of hydrogen-bond acceptors (Lipinski definition) is 2. The van der Waals surface area contributed by atoms with E-state index < -0.39 is 0 Å². The zero-order valence-electron chi connectivity index (χ0n) is 8.91. The Labute approximate surface area is 99.0 Å². The number of hydrogen-bond donors (Lipinski definition) is 1. The number of likely N-dealkylation sites (N-methyl/N-ethyl adjacent to an activating group) is 1. The fourth-order valence-corrected chi connectivity index (χ4v) is 3.11. The average molecular weight is 270 g/mol. The first-order valence-electron chi connectivity index (χ1n) is 5.22. The van der Waals surface area contributed by atoms with Crippen molar-refractivity contribution in [2.75, 3.05) is 26.7 Å². The highest BCUT2D eigenvalue weighted by Gasteiger charge is 2.38. The Bertz CT molecular complexity index is 355. The van der Waals surface area contributed by atoms with E-state index in [2.05, 4.69) is 33.9 Å². The Morgan fingerprint density at radius 3 is 2.73 bits per heavy atom. The molecule has 82 valence electrons. The number of aliphatic hydroxyl groups excluding tert-OH is 1. The fraction of sp³-hybridized carbons (Fsp3) is 0.500. The number of rotatable bonds is 2. The molecule has 3 heteroatoms. The van der Waals surface area contributed by atoms with Crippen molar-refractivity contribution >= 4 is 15.9 Å². The summed E-state index contributed by atoms with van der Waals surface area (Å²) in [6, 6.07) is 8.21. The van der Waals surface area contributed by atoms with Crippen LogP contribution in [0.15, 0.2) is 28.7 Å². The smallest absolute Gasteiger partial charge is 0.0541 e. The lowest BCUT2D eigenvalue weighted by molar-refractivity contribution is 0.194. The third-order valence-corrected chi connectivity index (χ3v) is 3.98. The van der Waals surface area contributed by atoms with Crippen molar-refractivity contribution in [3.8, 4) is 0 Å². The quantitative estimate of drug-likeness (QED) is 0.888. The first-order valence-corrected chi connectivity index (χ1v) is 6.02.